The molecule has 3 aromatic rings. The standard InChI is InChI=1S/C32H40N4O7/c1-20-8-11-23(12-9-20)35-16-17-41-25(19-35)26(37)28(38)34-22-10-13-24-21(18-22)14-15-33-27(24)36(29(39)42-31(2,3)4)30(40)43-32(5,6)7/h8-15,18,25-26,37H,16-17,19H2,1-7H3,(H,34,38). The molecule has 2 N–H and O–H groups in total. The number of carbonyl (C=O) groups excluding carboxylic acids is 3. The van der Waals surface area contributed by atoms with E-state index in [2.05, 4.69) is 15.2 Å². The summed E-state index contributed by atoms with van der Waals surface area (Å²) in [5.41, 5.74) is 0.797. The van der Waals surface area contributed by atoms with Crippen molar-refractivity contribution in [2.45, 2.75) is 71.9 Å². The lowest BCUT2D eigenvalue weighted by Gasteiger charge is -2.36. The number of aliphatic hydroxyl groups is 1. The molecule has 1 aromatic heterocycles. The summed E-state index contributed by atoms with van der Waals surface area (Å²) in [7, 11) is 0. The molecule has 4 rings (SSSR count). The highest BCUT2D eigenvalue weighted by atomic mass is 16.6. The number of benzene rings is 2. The van der Waals surface area contributed by atoms with Crippen LogP contribution in [-0.2, 0) is 19.0 Å². The third-order valence-corrected chi connectivity index (χ3v) is 6.49. The van der Waals surface area contributed by atoms with Crippen LogP contribution in [0.4, 0.5) is 26.8 Å². The molecule has 0 spiro atoms. The van der Waals surface area contributed by atoms with Gasteiger partial charge in [-0.25, -0.2) is 14.6 Å². The first kappa shape index (κ1) is 31.7. The Kier molecular flexibility index (Phi) is 9.26. The minimum absolute atomic E-state index is 0.0192. The number of imide groups is 1. The molecule has 2 aromatic carbocycles. The molecule has 0 aliphatic carbocycles. The predicted molar refractivity (Wildman–Crippen MR) is 164 cm³/mol. The zero-order chi connectivity index (χ0) is 31.5. The summed E-state index contributed by atoms with van der Waals surface area (Å²) >= 11 is 0. The number of morpholine rings is 1. The number of amides is 3. The molecule has 0 saturated carbocycles. The van der Waals surface area contributed by atoms with Crippen molar-refractivity contribution < 1.29 is 33.7 Å². The molecule has 11 nitrogen and oxygen atoms in total. The molecular formula is C32H40N4O7. The van der Waals surface area contributed by atoms with Gasteiger partial charge in [0.15, 0.2) is 11.9 Å². The van der Waals surface area contributed by atoms with Gasteiger partial charge in [-0.15, -0.1) is 0 Å². The summed E-state index contributed by atoms with van der Waals surface area (Å²) in [5, 5.41) is 14.6. The van der Waals surface area contributed by atoms with Gasteiger partial charge in [0.2, 0.25) is 0 Å². The van der Waals surface area contributed by atoms with E-state index in [-0.39, 0.29) is 5.82 Å². The Balaban J connectivity index is 1.54. The minimum Gasteiger partial charge on any atom is -0.443 e. The van der Waals surface area contributed by atoms with Crippen molar-refractivity contribution in [2.75, 3.05) is 34.8 Å². The molecule has 0 bridgehead atoms. The van der Waals surface area contributed by atoms with Gasteiger partial charge in [-0.2, -0.15) is 4.90 Å². The maximum Gasteiger partial charge on any atom is 0.425 e. The van der Waals surface area contributed by atoms with Crippen molar-refractivity contribution in [3.05, 3.63) is 60.3 Å². The number of aryl methyl sites for hydroxylation is 1. The first-order chi connectivity index (χ1) is 20.1. The molecule has 1 saturated heterocycles. The van der Waals surface area contributed by atoms with Crippen LogP contribution < -0.4 is 15.1 Å². The first-order valence-electron chi connectivity index (χ1n) is 14.2. The van der Waals surface area contributed by atoms with E-state index in [9.17, 15) is 19.5 Å². The van der Waals surface area contributed by atoms with E-state index >= 15 is 0 Å². The number of pyridine rings is 1. The van der Waals surface area contributed by atoms with Crippen LogP contribution in [0.3, 0.4) is 0 Å². The monoisotopic (exact) mass is 592 g/mol. The molecule has 3 amide bonds. The number of fused-ring (bicyclic) bond motifs is 1. The van der Waals surface area contributed by atoms with E-state index in [0.29, 0.717) is 36.2 Å². The lowest BCUT2D eigenvalue weighted by atomic mass is 10.1. The lowest BCUT2D eigenvalue weighted by molar-refractivity contribution is -0.133. The van der Waals surface area contributed by atoms with E-state index in [1.165, 1.54) is 6.20 Å². The van der Waals surface area contributed by atoms with Gasteiger partial charge in [-0.3, -0.25) is 4.79 Å². The fourth-order valence-electron chi connectivity index (χ4n) is 4.52. The highest BCUT2D eigenvalue weighted by Crippen LogP contribution is 2.30. The Morgan fingerprint density at radius 2 is 1.63 bits per heavy atom. The van der Waals surface area contributed by atoms with Gasteiger partial charge in [-0.05, 0) is 90.3 Å². The largest absolute Gasteiger partial charge is 0.443 e. The third-order valence-electron chi connectivity index (χ3n) is 6.49. The van der Waals surface area contributed by atoms with Gasteiger partial charge in [0.1, 0.15) is 17.3 Å². The second kappa shape index (κ2) is 12.6. The van der Waals surface area contributed by atoms with E-state index < -0.39 is 41.5 Å². The van der Waals surface area contributed by atoms with Crippen LogP contribution in [-0.4, -0.2) is 71.3 Å². The Morgan fingerprint density at radius 1 is 1.00 bits per heavy atom. The molecule has 230 valence electrons. The maximum absolute atomic E-state index is 13.2. The highest BCUT2D eigenvalue weighted by Gasteiger charge is 2.35. The number of nitrogens with one attached hydrogen (secondary N) is 1. The molecule has 11 heteroatoms. The van der Waals surface area contributed by atoms with Crippen LogP contribution in [0.2, 0.25) is 0 Å². The smallest absolute Gasteiger partial charge is 0.425 e. The zero-order valence-corrected chi connectivity index (χ0v) is 25.7. The minimum atomic E-state index is -1.41. The van der Waals surface area contributed by atoms with Gasteiger partial charge >= 0.3 is 12.2 Å². The summed E-state index contributed by atoms with van der Waals surface area (Å²) in [5.74, 6) is -0.598. The van der Waals surface area contributed by atoms with Crippen LogP contribution in [0.25, 0.3) is 10.8 Å². The van der Waals surface area contributed by atoms with E-state index in [0.717, 1.165) is 16.2 Å². The number of ether oxygens (including phenoxy) is 3. The van der Waals surface area contributed by atoms with Crippen molar-refractivity contribution in [2.24, 2.45) is 0 Å². The van der Waals surface area contributed by atoms with Gasteiger partial charge in [0, 0.05) is 36.0 Å². The lowest BCUT2D eigenvalue weighted by Crippen LogP contribution is -2.51. The van der Waals surface area contributed by atoms with Crippen LogP contribution in [0.1, 0.15) is 47.1 Å². The number of rotatable bonds is 5. The second-order valence-corrected chi connectivity index (χ2v) is 12.5. The highest BCUT2D eigenvalue weighted by molar-refractivity contribution is 6.14. The molecular weight excluding hydrogens is 552 g/mol. The quantitative estimate of drug-likeness (QED) is 0.399. The molecule has 1 aliphatic rings. The number of hydrogen-bond donors (Lipinski definition) is 2. The number of nitrogens with zero attached hydrogens (tertiary/aromatic N) is 3. The second-order valence-electron chi connectivity index (χ2n) is 12.5. The Hall–Kier alpha value is -4.22. The van der Waals surface area contributed by atoms with E-state index in [1.807, 2.05) is 31.2 Å². The molecule has 1 fully saturated rings. The van der Waals surface area contributed by atoms with Crippen molar-refractivity contribution in [3.63, 3.8) is 0 Å². The third kappa shape index (κ3) is 8.20. The number of anilines is 3. The Labute approximate surface area is 251 Å². The molecule has 2 unspecified atom stereocenters. The van der Waals surface area contributed by atoms with Crippen LogP contribution in [0, 0.1) is 6.92 Å². The summed E-state index contributed by atoms with van der Waals surface area (Å²) < 4.78 is 16.7. The Morgan fingerprint density at radius 3 is 2.23 bits per heavy atom. The fourth-order valence-corrected chi connectivity index (χ4v) is 4.52. The number of aliphatic hydroxyl groups excluding tert-OH is 1. The fraction of sp³-hybridized carbons (Fsp3) is 0.438. The summed E-state index contributed by atoms with van der Waals surface area (Å²) in [6.07, 6.45) is -2.56. The van der Waals surface area contributed by atoms with Crippen molar-refractivity contribution >= 4 is 46.1 Å². The van der Waals surface area contributed by atoms with Gasteiger partial charge in [0.25, 0.3) is 5.91 Å². The topological polar surface area (TPSA) is 131 Å². The Bertz CT molecular complexity index is 1450. The van der Waals surface area contributed by atoms with Gasteiger partial charge < -0.3 is 29.5 Å². The number of carbonyl (C=O) groups is 3. The van der Waals surface area contributed by atoms with Gasteiger partial charge in [0.05, 0.1) is 6.61 Å². The van der Waals surface area contributed by atoms with Crippen molar-refractivity contribution in [3.8, 4) is 0 Å². The van der Waals surface area contributed by atoms with Crippen molar-refractivity contribution in [1.29, 1.82) is 0 Å². The first-order valence-corrected chi connectivity index (χ1v) is 14.2. The molecule has 2 atom stereocenters. The normalized spacial score (nSPS) is 16.4. The summed E-state index contributed by atoms with van der Waals surface area (Å²) in [6.45, 7) is 13.5. The maximum atomic E-state index is 13.2. The van der Waals surface area contributed by atoms with Crippen LogP contribution >= 0.6 is 0 Å². The van der Waals surface area contributed by atoms with Crippen LogP contribution in [0.15, 0.2) is 54.7 Å². The predicted octanol–water partition coefficient (Wildman–Crippen LogP) is 5.42. The number of hydrogen-bond acceptors (Lipinski definition) is 9. The molecule has 0 radical (unpaired) electrons. The summed E-state index contributed by atoms with van der Waals surface area (Å²) in [6, 6.07) is 14.6. The van der Waals surface area contributed by atoms with Crippen molar-refractivity contribution in [1.82, 2.24) is 4.98 Å². The average molecular weight is 593 g/mol. The van der Waals surface area contributed by atoms with Gasteiger partial charge in [-0.1, -0.05) is 17.7 Å². The molecule has 43 heavy (non-hydrogen) atoms. The summed E-state index contributed by atoms with van der Waals surface area (Å²) in [4.78, 5) is 46.5. The molecule has 1 aliphatic heterocycles. The average Bonchev–Trinajstić information content (AvgIpc) is 2.91. The van der Waals surface area contributed by atoms with E-state index in [4.69, 9.17) is 14.2 Å². The van der Waals surface area contributed by atoms with E-state index in [1.54, 1.807) is 65.8 Å². The SMILES string of the molecule is Cc1ccc(N2CCOC(C(O)C(=O)Nc3ccc4c(N(C(=O)OC(C)(C)C)C(=O)OC(C)(C)C)nccc4c3)C2)cc1. The molecule has 2 heterocycles. The number of aromatic nitrogens is 1. The van der Waals surface area contributed by atoms with Crippen LogP contribution in [0.5, 0.6) is 0 Å². The zero-order valence-electron chi connectivity index (χ0n) is 25.7.